The maximum absolute atomic E-state index is 6.09. The van der Waals surface area contributed by atoms with E-state index in [0.717, 1.165) is 30.6 Å². The minimum Gasteiger partial charge on any atom is -0.399 e. The van der Waals surface area contributed by atoms with E-state index in [1.807, 2.05) is 30.3 Å². The van der Waals surface area contributed by atoms with Crippen LogP contribution in [0.4, 0.5) is 17.2 Å². The van der Waals surface area contributed by atoms with Crippen molar-refractivity contribution >= 4 is 40.4 Å². The molecule has 128 valence electrons. The number of nitrogens with two attached hydrogens (primary N) is 1. The minimum atomic E-state index is 0.158. The molecule has 0 saturated heterocycles. The molecule has 0 amide bonds. The lowest BCUT2D eigenvalue weighted by atomic mass is 10.0. The molecule has 1 heterocycles. The Kier molecular flexibility index (Phi) is 5.74. The van der Waals surface area contributed by atoms with Gasteiger partial charge in [0.1, 0.15) is 5.02 Å². The number of anilines is 3. The van der Waals surface area contributed by atoms with Gasteiger partial charge in [-0.15, -0.1) is 0 Å². The molecule has 0 fully saturated rings. The Morgan fingerprint density at radius 1 is 0.960 bits per heavy atom. The molecule has 0 aliphatic heterocycles. The second kappa shape index (κ2) is 8.19. The number of hydrogen-bond donors (Lipinski definition) is 2. The van der Waals surface area contributed by atoms with E-state index >= 15 is 0 Å². The zero-order valence-electron chi connectivity index (χ0n) is 13.5. The summed E-state index contributed by atoms with van der Waals surface area (Å²) < 4.78 is 0. The molecule has 0 bridgehead atoms. The molecule has 0 aliphatic rings. The van der Waals surface area contributed by atoms with Crippen molar-refractivity contribution in [2.24, 2.45) is 0 Å². The van der Waals surface area contributed by atoms with Crippen LogP contribution in [-0.4, -0.2) is 9.97 Å². The fourth-order valence-corrected chi connectivity index (χ4v) is 2.89. The van der Waals surface area contributed by atoms with E-state index in [2.05, 4.69) is 33.5 Å². The van der Waals surface area contributed by atoms with Crippen LogP contribution < -0.4 is 11.1 Å². The Morgan fingerprint density at radius 2 is 1.68 bits per heavy atom. The fourth-order valence-electron chi connectivity index (χ4n) is 2.62. The molecule has 25 heavy (non-hydrogen) atoms. The predicted octanol–water partition coefficient (Wildman–Crippen LogP) is 5.28. The summed E-state index contributed by atoms with van der Waals surface area (Å²) in [7, 11) is 0. The van der Waals surface area contributed by atoms with Crippen molar-refractivity contribution in [1.82, 2.24) is 9.97 Å². The summed E-state index contributed by atoms with van der Waals surface area (Å²) in [6.45, 7) is 0. The standard InChI is InChI=1S/C19H18Cl2N4/c20-17-12-23-19(21)25-18(17)24-16-9-3-7-14(11-16)5-1-4-13-6-2-8-15(22)10-13/h2-3,6-12H,1,4-5,22H2,(H,23,24,25). The number of aromatic nitrogens is 2. The van der Waals surface area contributed by atoms with Crippen LogP contribution in [0.2, 0.25) is 10.3 Å². The van der Waals surface area contributed by atoms with Crippen LogP contribution in [0.25, 0.3) is 0 Å². The molecule has 6 heteroatoms. The smallest absolute Gasteiger partial charge is 0.224 e. The van der Waals surface area contributed by atoms with Gasteiger partial charge in [0.05, 0.1) is 6.20 Å². The highest BCUT2D eigenvalue weighted by Crippen LogP contribution is 2.24. The molecular formula is C19H18Cl2N4. The summed E-state index contributed by atoms with van der Waals surface area (Å²) in [5, 5.41) is 3.77. The van der Waals surface area contributed by atoms with Crippen LogP contribution in [0.15, 0.2) is 54.7 Å². The average molecular weight is 373 g/mol. The van der Waals surface area contributed by atoms with Crippen molar-refractivity contribution in [3.05, 3.63) is 76.2 Å². The van der Waals surface area contributed by atoms with Gasteiger partial charge in [0.2, 0.25) is 5.28 Å². The van der Waals surface area contributed by atoms with Crippen molar-refractivity contribution in [2.45, 2.75) is 19.3 Å². The minimum absolute atomic E-state index is 0.158. The highest BCUT2D eigenvalue weighted by Gasteiger charge is 2.05. The van der Waals surface area contributed by atoms with Crippen LogP contribution in [0.1, 0.15) is 17.5 Å². The lowest BCUT2D eigenvalue weighted by Gasteiger charge is -2.09. The van der Waals surface area contributed by atoms with E-state index in [-0.39, 0.29) is 5.28 Å². The summed E-state index contributed by atoms with van der Waals surface area (Å²) in [5.41, 5.74) is 10.0. The van der Waals surface area contributed by atoms with Crippen molar-refractivity contribution in [3.63, 3.8) is 0 Å². The molecule has 0 radical (unpaired) electrons. The molecule has 4 nitrogen and oxygen atoms in total. The van der Waals surface area contributed by atoms with Crippen LogP contribution in [0.5, 0.6) is 0 Å². The Bertz CT molecular complexity index is 868. The van der Waals surface area contributed by atoms with E-state index in [1.54, 1.807) is 0 Å². The number of benzene rings is 2. The van der Waals surface area contributed by atoms with Gasteiger partial charge in [-0.3, -0.25) is 0 Å². The lowest BCUT2D eigenvalue weighted by molar-refractivity contribution is 0.821. The van der Waals surface area contributed by atoms with Crippen molar-refractivity contribution < 1.29 is 0 Å². The highest BCUT2D eigenvalue weighted by atomic mass is 35.5. The van der Waals surface area contributed by atoms with E-state index < -0.39 is 0 Å². The zero-order chi connectivity index (χ0) is 17.6. The van der Waals surface area contributed by atoms with Gasteiger partial charge in [-0.2, -0.15) is 4.98 Å². The maximum Gasteiger partial charge on any atom is 0.224 e. The molecule has 3 N–H and O–H groups in total. The van der Waals surface area contributed by atoms with E-state index in [0.29, 0.717) is 10.8 Å². The summed E-state index contributed by atoms with van der Waals surface area (Å²) in [6.07, 6.45) is 4.50. The van der Waals surface area contributed by atoms with Crippen molar-refractivity contribution in [3.8, 4) is 0 Å². The van der Waals surface area contributed by atoms with Gasteiger partial charge in [-0.1, -0.05) is 35.9 Å². The summed E-state index contributed by atoms with van der Waals surface area (Å²) in [6, 6.07) is 16.2. The molecule has 0 unspecified atom stereocenters. The SMILES string of the molecule is Nc1cccc(CCCc2cccc(Nc3nc(Cl)ncc3Cl)c2)c1. The molecule has 0 aliphatic carbocycles. The number of hydrogen-bond acceptors (Lipinski definition) is 4. The molecule has 2 aromatic carbocycles. The first-order valence-corrected chi connectivity index (χ1v) is 8.74. The summed E-state index contributed by atoms with van der Waals surface area (Å²) in [4.78, 5) is 7.95. The Labute approximate surface area is 157 Å². The first-order chi connectivity index (χ1) is 12.1. The molecule has 0 atom stereocenters. The lowest BCUT2D eigenvalue weighted by Crippen LogP contribution is -1.97. The van der Waals surface area contributed by atoms with Crippen LogP contribution >= 0.6 is 23.2 Å². The molecule has 3 rings (SSSR count). The molecule has 1 aromatic heterocycles. The second-order valence-electron chi connectivity index (χ2n) is 5.76. The second-order valence-corrected chi connectivity index (χ2v) is 6.50. The Hall–Kier alpha value is -2.30. The number of nitrogen functional groups attached to an aromatic ring is 1. The maximum atomic E-state index is 6.09. The van der Waals surface area contributed by atoms with Gasteiger partial charge < -0.3 is 11.1 Å². The van der Waals surface area contributed by atoms with Gasteiger partial charge >= 0.3 is 0 Å². The van der Waals surface area contributed by atoms with E-state index in [1.165, 1.54) is 17.3 Å². The van der Waals surface area contributed by atoms with Crippen LogP contribution in [-0.2, 0) is 12.8 Å². The largest absolute Gasteiger partial charge is 0.399 e. The number of halogens is 2. The quantitative estimate of drug-likeness (QED) is 0.456. The highest BCUT2D eigenvalue weighted by molar-refractivity contribution is 6.33. The number of nitrogens with one attached hydrogen (secondary N) is 1. The number of nitrogens with zero attached hydrogens (tertiary/aromatic N) is 2. The third kappa shape index (κ3) is 5.08. The number of aryl methyl sites for hydroxylation is 2. The van der Waals surface area contributed by atoms with Crippen LogP contribution in [0, 0.1) is 0 Å². The average Bonchev–Trinajstić information content (AvgIpc) is 2.59. The van der Waals surface area contributed by atoms with Gasteiger partial charge in [0.15, 0.2) is 5.82 Å². The summed E-state index contributed by atoms with van der Waals surface area (Å²) in [5.74, 6) is 0.499. The fraction of sp³-hybridized carbons (Fsp3) is 0.158. The van der Waals surface area contributed by atoms with E-state index in [4.69, 9.17) is 28.9 Å². The monoisotopic (exact) mass is 372 g/mol. The Morgan fingerprint density at radius 3 is 2.44 bits per heavy atom. The van der Waals surface area contributed by atoms with Crippen molar-refractivity contribution in [1.29, 1.82) is 0 Å². The zero-order valence-corrected chi connectivity index (χ0v) is 15.1. The third-order valence-electron chi connectivity index (χ3n) is 3.79. The molecule has 3 aromatic rings. The van der Waals surface area contributed by atoms with Crippen molar-refractivity contribution in [2.75, 3.05) is 11.1 Å². The van der Waals surface area contributed by atoms with Gasteiger partial charge in [0.25, 0.3) is 0 Å². The Balaban J connectivity index is 1.62. The first-order valence-electron chi connectivity index (χ1n) is 7.98. The number of rotatable bonds is 6. The topological polar surface area (TPSA) is 63.8 Å². The first kappa shape index (κ1) is 17.5. The molecule has 0 saturated carbocycles. The predicted molar refractivity (Wildman–Crippen MR) is 105 cm³/mol. The van der Waals surface area contributed by atoms with E-state index in [9.17, 15) is 0 Å². The normalized spacial score (nSPS) is 10.6. The molecular weight excluding hydrogens is 355 g/mol. The third-order valence-corrected chi connectivity index (χ3v) is 4.25. The molecule has 0 spiro atoms. The van der Waals surface area contributed by atoms with Gasteiger partial charge in [0, 0.05) is 11.4 Å². The van der Waals surface area contributed by atoms with Gasteiger partial charge in [-0.05, 0) is 66.3 Å². The summed E-state index contributed by atoms with van der Waals surface area (Å²) >= 11 is 11.9. The van der Waals surface area contributed by atoms with Crippen LogP contribution in [0.3, 0.4) is 0 Å². The van der Waals surface area contributed by atoms with Gasteiger partial charge in [-0.25, -0.2) is 4.98 Å².